The van der Waals surface area contributed by atoms with Crippen molar-refractivity contribution in [3.8, 4) is 0 Å². The molecular formula is C15H34N2O2. The summed E-state index contributed by atoms with van der Waals surface area (Å²) in [7, 11) is 1.75. The van der Waals surface area contributed by atoms with Crippen molar-refractivity contribution in [3.63, 3.8) is 0 Å². The Labute approximate surface area is 119 Å². The van der Waals surface area contributed by atoms with Crippen molar-refractivity contribution in [2.45, 2.75) is 64.5 Å². The van der Waals surface area contributed by atoms with Crippen LogP contribution in [0.3, 0.4) is 0 Å². The molecule has 0 aliphatic rings. The van der Waals surface area contributed by atoms with Gasteiger partial charge in [0.15, 0.2) is 0 Å². The molecule has 116 valence electrons. The minimum absolute atomic E-state index is 0.354. The molecule has 3 N–H and O–H groups in total. The molecule has 0 radical (unpaired) electrons. The molecule has 4 heteroatoms. The zero-order valence-corrected chi connectivity index (χ0v) is 13.3. The van der Waals surface area contributed by atoms with E-state index in [1.54, 1.807) is 7.11 Å². The number of rotatable bonds is 12. The van der Waals surface area contributed by atoms with E-state index in [0.29, 0.717) is 12.6 Å². The molecule has 1 atom stereocenters. The molecule has 0 rings (SSSR count). The number of hydrogen-bond donors (Lipinski definition) is 2. The van der Waals surface area contributed by atoms with Crippen molar-refractivity contribution in [1.82, 2.24) is 4.90 Å². The first kappa shape index (κ1) is 18.8. The molecule has 0 aromatic carbocycles. The monoisotopic (exact) mass is 274 g/mol. The molecule has 19 heavy (non-hydrogen) atoms. The Hall–Kier alpha value is -0.160. The fraction of sp³-hybridized carbons (Fsp3) is 1.00. The molecular weight excluding hydrogens is 240 g/mol. The fourth-order valence-corrected chi connectivity index (χ4v) is 2.52. The third-order valence-corrected chi connectivity index (χ3v) is 4.17. The molecule has 0 amide bonds. The summed E-state index contributed by atoms with van der Waals surface area (Å²) < 4.78 is 5.19. The van der Waals surface area contributed by atoms with Crippen molar-refractivity contribution < 1.29 is 9.84 Å². The summed E-state index contributed by atoms with van der Waals surface area (Å²) in [6.45, 7) is 9.56. The van der Waals surface area contributed by atoms with Crippen LogP contribution >= 0.6 is 0 Å². The minimum atomic E-state index is -0.680. The molecule has 0 saturated heterocycles. The summed E-state index contributed by atoms with van der Waals surface area (Å²) in [5, 5.41) is 10.2. The zero-order valence-electron chi connectivity index (χ0n) is 13.3. The Bertz CT molecular complexity index is 204. The van der Waals surface area contributed by atoms with Gasteiger partial charge >= 0.3 is 0 Å². The molecule has 4 nitrogen and oxygen atoms in total. The van der Waals surface area contributed by atoms with E-state index in [1.165, 1.54) is 0 Å². The predicted molar refractivity (Wildman–Crippen MR) is 81.3 cm³/mol. The number of hydrogen-bond acceptors (Lipinski definition) is 4. The van der Waals surface area contributed by atoms with Gasteiger partial charge in [-0.3, -0.25) is 4.90 Å². The van der Waals surface area contributed by atoms with Crippen LogP contribution in [0.5, 0.6) is 0 Å². The normalized spacial score (nSPS) is 15.2. The molecule has 0 saturated carbocycles. The maximum Gasteiger partial charge on any atom is 0.0767 e. The van der Waals surface area contributed by atoms with Crippen LogP contribution in [0.2, 0.25) is 0 Å². The molecule has 0 heterocycles. The summed E-state index contributed by atoms with van der Waals surface area (Å²) in [5.41, 5.74) is 4.96. The molecule has 0 spiro atoms. The highest BCUT2D eigenvalue weighted by Crippen LogP contribution is 2.17. The standard InChI is InChI=1S/C15H34N2O2/c1-5-14(6-2)17(11-12-19-4)10-8-9-15(18,7-3)13-16/h14,18H,5-13,16H2,1-4H3. The lowest BCUT2D eigenvalue weighted by atomic mass is 9.94. The summed E-state index contributed by atoms with van der Waals surface area (Å²) in [4.78, 5) is 2.48. The number of ether oxygens (including phenoxy) is 1. The number of nitrogens with zero attached hydrogens (tertiary/aromatic N) is 1. The first-order valence-corrected chi connectivity index (χ1v) is 7.72. The average molecular weight is 274 g/mol. The van der Waals surface area contributed by atoms with Gasteiger partial charge in [-0.1, -0.05) is 20.8 Å². The van der Waals surface area contributed by atoms with Gasteiger partial charge in [0, 0.05) is 26.2 Å². The average Bonchev–Trinajstić information content (AvgIpc) is 2.45. The van der Waals surface area contributed by atoms with Gasteiger partial charge in [-0.25, -0.2) is 0 Å². The second-order valence-electron chi connectivity index (χ2n) is 5.38. The van der Waals surface area contributed by atoms with Gasteiger partial charge in [-0.15, -0.1) is 0 Å². The quantitative estimate of drug-likeness (QED) is 0.571. The van der Waals surface area contributed by atoms with E-state index in [2.05, 4.69) is 18.7 Å². The molecule has 0 aromatic rings. The topological polar surface area (TPSA) is 58.7 Å². The third kappa shape index (κ3) is 7.25. The van der Waals surface area contributed by atoms with E-state index in [9.17, 15) is 5.11 Å². The molecule has 0 fully saturated rings. The molecule has 0 aliphatic carbocycles. The van der Waals surface area contributed by atoms with E-state index in [0.717, 1.165) is 51.8 Å². The molecule has 1 unspecified atom stereocenters. The SMILES string of the molecule is CCC(CC)N(CCCC(O)(CC)CN)CCOC. The van der Waals surface area contributed by atoms with Crippen LogP contribution in [0, 0.1) is 0 Å². The van der Waals surface area contributed by atoms with Gasteiger partial charge in [-0.2, -0.15) is 0 Å². The molecule has 0 aromatic heterocycles. The Kier molecular flexibility index (Phi) is 10.5. The van der Waals surface area contributed by atoms with E-state index in [-0.39, 0.29) is 0 Å². The van der Waals surface area contributed by atoms with Crippen molar-refractivity contribution in [1.29, 1.82) is 0 Å². The lowest BCUT2D eigenvalue weighted by molar-refractivity contribution is 0.0284. The highest BCUT2D eigenvalue weighted by molar-refractivity contribution is 4.79. The summed E-state index contributed by atoms with van der Waals surface area (Å²) >= 11 is 0. The maximum absolute atomic E-state index is 10.2. The van der Waals surface area contributed by atoms with Crippen LogP contribution in [-0.2, 0) is 4.74 Å². The van der Waals surface area contributed by atoms with E-state index in [1.807, 2.05) is 6.92 Å². The highest BCUT2D eigenvalue weighted by Gasteiger charge is 2.23. The van der Waals surface area contributed by atoms with Gasteiger partial charge in [0.1, 0.15) is 0 Å². The zero-order chi connectivity index (χ0) is 14.7. The Morgan fingerprint density at radius 3 is 2.26 bits per heavy atom. The molecule has 0 aliphatic heterocycles. The number of methoxy groups -OCH3 is 1. The van der Waals surface area contributed by atoms with Gasteiger partial charge in [0.05, 0.1) is 12.2 Å². The predicted octanol–water partition coefficient (Wildman–Crippen LogP) is 2.00. The van der Waals surface area contributed by atoms with Gasteiger partial charge in [-0.05, 0) is 38.6 Å². The van der Waals surface area contributed by atoms with Crippen LogP contribution in [0.4, 0.5) is 0 Å². The van der Waals surface area contributed by atoms with Crippen LogP contribution in [-0.4, -0.2) is 55.0 Å². The lowest BCUT2D eigenvalue weighted by Crippen LogP contribution is -2.40. The minimum Gasteiger partial charge on any atom is -0.389 e. The van der Waals surface area contributed by atoms with Crippen molar-refractivity contribution in [3.05, 3.63) is 0 Å². The van der Waals surface area contributed by atoms with E-state index in [4.69, 9.17) is 10.5 Å². The lowest BCUT2D eigenvalue weighted by Gasteiger charge is -2.32. The Balaban J connectivity index is 4.24. The van der Waals surface area contributed by atoms with Crippen molar-refractivity contribution in [2.75, 3.05) is 33.4 Å². The van der Waals surface area contributed by atoms with Crippen LogP contribution in [0.25, 0.3) is 0 Å². The van der Waals surface area contributed by atoms with Gasteiger partial charge < -0.3 is 15.6 Å². The van der Waals surface area contributed by atoms with Crippen LogP contribution in [0.1, 0.15) is 52.9 Å². The Morgan fingerprint density at radius 2 is 1.84 bits per heavy atom. The first-order valence-electron chi connectivity index (χ1n) is 7.72. The summed E-state index contributed by atoms with van der Waals surface area (Å²) in [5.74, 6) is 0. The summed E-state index contributed by atoms with van der Waals surface area (Å²) in [6, 6.07) is 0.614. The molecule has 0 bridgehead atoms. The van der Waals surface area contributed by atoms with Crippen LogP contribution in [0.15, 0.2) is 0 Å². The number of aliphatic hydroxyl groups is 1. The van der Waals surface area contributed by atoms with Gasteiger partial charge in [0.25, 0.3) is 0 Å². The largest absolute Gasteiger partial charge is 0.389 e. The second-order valence-corrected chi connectivity index (χ2v) is 5.38. The fourth-order valence-electron chi connectivity index (χ4n) is 2.52. The van der Waals surface area contributed by atoms with Crippen LogP contribution < -0.4 is 5.73 Å². The first-order chi connectivity index (χ1) is 9.06. The highest BCUT2D eigenvalue weighted by atomic mass is 16.5. The maximum atomic E-state index is 10.2. The number of nitrogens with two attached hydrogens (primary N) is 1. The van der Waals surface area contributed by atoms with Crippen molar-refractivity contribution in [2.24, 2.45) is 5.73 Å². The Morgan fingerprint density at radius 1 is 1.21 bits per heavy atom. The van der Waals surface area contributed by atoms with Gasteiger partial charge in [0.2, 0.25) is 0 Å². The van der Waals surface area contributed by atoms with E-state index < -0.39 is 5.60 Å². The third-order valence-electron chi connectivity index (χ3n) is 4.17. The van der Waals surface area contributed by atoms with Crippen molar-refractivity contribution >= 4 is 0 Å². The smallest absolute Gasteiger partial charge is 0.0767 e. The van der Waals surface area contributed by atoms with E-state index >= 15 is 0 Å². The summed E-state index contributed by atoms with van der Waals surface area (Å²) in [6.07, 6.45) is 4.82. The second kappa shape index (κ2) is 10.6.